The van der Waals surface area contributed by atoms with Crippen LogP contribution in [0.15, 0.2) is 60.7 Å². The van der Waals surface area contributed by atoms with E-state index >= 15 is 0 Å². The van der Waals surface area contributed by atoms with E-state index in [0.717, 1.165) is 16.0 Å². The Balaban J connectivity index is 1.50. The van der Waals surface area contributed by atoms with E-state index in [2.05, 4.69) is 31.9 Å². The summed E-state index contributed by atoms with van der Waals surface area (Å²) in [6.07, 6.45) is 1.91. The molecule has 292 valence electrons. The van der Waals surface area contributed by atoms with Crippen LogP contribution in [0.25, 0.3) is 0 Å². The van der Waals surface area contributed by atoms with Gasteiger partial charge in [0.25, 0.3) is 11.8 Å². The number of carbonyl (C=O) groups excluding carboxylic acids is 7. The van der Waals surface area contributed by atoms with Crippen LogP contribution in [-0.2, 0) is 36.8 Å². The number of amides is 9. The zero-order valence-electron chi connectivity index (χ0n) is 30.9. The summed E-state index contributed by atoms with van der Waals surface area (Å²) in [5.41, 5.74) is 12.1. The minimum atomic E-state index is -1.44. The van der Waals surface area contributed by atoms with Crippen LogP contribution in [0.3, 0.4) is 0 Å². The zero-order chi connectivity index (χ0) is 39.3. The molecule has 0 saturated carbocycles. The van der Waals surface area contributed by atoms with Gasteiger partial charge in [-0.2, -0.15) is 0 Å². The van der Waals surface area contributed by atoms with Crippen molar-refractivity contribution in [1.82, 2.24) is 36.8 Å². The molecule has 0 radical (unpaired) electrons. The lowest BCUT2D eigenvalue weighted by atomic mass is 9.87. The van der Waals surface area contributed by atoms with Gasteiger partial charge in [0.2, 0.25) is 17.7 Å². The summed E-state index contributed by atoms with van der Waals surface area (Å²) in [6.45, 7) is 4.82. The number of carbonyl (C=O) groups is 7. The monoisotopic (exact) mass is 747 g/mol. The van der Waals surface area contributed by atoms with E-state index < -0.39 is 71.3 Å². The molecular weight excluding hydrogens is 694 g/mol. The maximum absolute atomic E-state index is 13.9. The Kier molecular flexibility index (Phi) is 15.2. The first-order chi connectivity index (χ1) is 25.8. The number of piperidine rings is 1. The summed E-state index contributed by atoms with van der Waals surface area (Å²) in [4.78, 5) is 94.4. The lowest BCUT2D eigenvalue weighted by molar-refractivity contribution is -0.134. The Morgan fingerprint density at radius 3 is 1.91 bits per heavy atom. The predicted molar refractivity (Wildman–Crippen MR) is 200 cm³/mol. The summed E-state index contributed by atoms with van der Waals surface area (Å²) in [6, 6.07) is 11.9. The minimum absolute atomic E-state index is 0.0824. The fourth-order valence-corrected chi connectivity index (χ4v) is 6.70. The van der Waals surface area contributed by atoms with Gasteiger partial charge in [-0.15, -0.1) is 0 Å². The fourth-order valence-electron chi connectivity index (χ4n) is 6.70. The molecule has 2 heterocycles. The second-order valence-electron chi connectivity index (χ2n) is 14.3. The molecule has 2 fully saturated rings. The minimum Gasteiger partial charge on any atom is -0.343 e. The van der Waals surface area contributed by atoms with Gasteiger partial charge in [0.1, 0.15) is 23.7 Å². The summed E-state index contributed by atoms with van der Waals surface area (Å²) < 4.78 is 0. The quantitative estimate of drug-likeness (QED) is 0.0815. The van der Waals surface area contributed by atoms with E-state index in [4.69, 9.17) is 11.5 Å². The van der Waals surface area contributed by atoms with Crippen molar-refractivity contribution in [3.8, 4) is 0 Å². The molecule has 9 amide bonds. The third-order valence-corrected chi connectivity index (χ3v) is 9.61. The summed E-state index contributed by atoms with van der Waals surface area (Å²) in [5, 5.41) is 15.7. The van der Waals surface area contributed by atoms with Crippen molar-refractivity contribution in [1.29, 1.82) is 0 Å². The van der Waals surface area contributed by atoms with Gasteiger partial charge in [-0.1, -0.05) is 74.5 Å². The second kappa shape index (κ2) is 19.8. The van der Waals surface area contributed by atoms with Gasteiger partial charge >= 0.3 is 12.1 Å². The molecule has 0 unspecified atom stereocenters. The molecule has 16 heteroatoms. The number of unbranched alkanes of at least 4 members (excludes halogenated alkanes) is 1. The topological polar surface area (TPSA) is 247 Å². The van der Waals surface area contributed by atoms with Gasteiger partial charge in [-0.3, -0.25) is 34.6 Å². The Morgan fingerprint density at radius 2 is 1.31 bits per heavy atom. The standard InChI is InChI=1S/C38H53N9O7/c1-24(2)21-29(44-34(51)30(23-26-13-7-4-8-14-26)43-31(48)27(40)22-25-11-5-3-6-12-25)33(50)42-28(15-9-10-18-39)32(49)45-36(53)47-37(54)46-35(52)38(47)16-19-41-20-17-38/h3-8,11-14,24,27-30,41H,9-10,15-23,39-40H2,1-2H3,(H,42,50)(H,43,48)(H,44,51)(H,45,49,53)(H,46,52,54)/t27-,28-,29-,30-/m1/s1. The fraction of sp³-hybridized carbons (Fsp3) is 0.500. The van der Waals surface area contributed by atoms with E-state index in [-0.39, 0.29) is 44.4 Å². The number of hydrogen-bond donors (Lipinski definition) is 8. The van der Waals surface area contributed by atoms with Crippen LogP contribution in [0.4, 0.5) is 9.59 Å². The van der Waals surface area contributed by atoms with E-state index in [9.17, 15) is 33.6 Å². The number of hydrogen-bond acceptors (Lipinski definition) is 10. The summed E-state index contributed by atoms with van der Waals surface area (Å²) in [7, 11) is 0. The van der Waals surface area contributed by atoms with Crippen LogP contribution < -0.4 is 43.4 Å². The van der Waals surface area contributed by atoms with E-state index in [1.807, 2.05) is 74.5 Å². The Bertz CT molecular complexity index is 1630. The molecule has 0 bridgehead atoms. The molecule has 2 aromatic rings. The molecule has 4 atom stereocenters. The first kappa shape index (κ1) is 41.6. The van der Waals surface area contributed by atoms with Crippen LogP contribution in [0.1, 0.15) is 63.5 Å². The molecular formula is C38H53N9O7. The molecule has 4 rings (SSSR count). The molecule has 54 heavy (non-hydrogen) atoms. The Morgan fingerprint density at radius 1 is 0.759 bits per heavy atom. The van der Waals surface area contributed by atoms with Gasteiger partial charge in [-0.05, 0) is 81.6 Å². The van der Waals surface area contributed by atoms with Gasteiger partial charge in [0.15, 0.2) is 0 Å². The molecule has 0 aliphatic carbocycles. The highest BCUT2D eigenvalue weighted by Crippen LogP contribution is 2.31. The largest absolute Gasteiger partial charge is 0.343 e. The first-order valence-corrected chi connectivity index (χ1v) is 18.5. The summed E-state index contributed by atoms with van der Waals surface area (Å²) in [5.74, 6) is -3.45. The predicted octanol–water partition coefficient (Wildman–Crippen LogP) is 0.339. The number of nitrogens with zero attached hydrogens (tertiary/aromatic N) is 1. The molecule has 2 saturated heterocycles. The highest BCUT2D eigenvalue weighted by Gasteiger charge is 2.56. The molecule has 2 aromatic carbocycles. The third kappa shape index (κ3) is 11.2. The van der Waals surface area contributed by atoms with Crippen molar-refractivity contribution < 1.29 is 33.6 Å². The van der Waals surface area contributed by atoms with Crippen LogP contribution in [0, 0.1) is 5.92 Å². The van der Waals surface area contributed by atoms with Crippen LogP contribution in [-0.4, -0.2) is 95.8 Å². The van der Waals surface area contributed by atoms with Crippen LogP contribution in [0.2, 0.25) is 0 Å². The lowest BCUT2D eigenvalue weighted by Crippen LogP contribution is -2.62. The highest BCUT2D eigenvalue weighted by atomic mass is 16.2. The number of nitrogens with one attached hydrogen (secondary N) is 6. The molecule has 2 aliphatic rings. The number of urea groups is 2. The first-order valence-electron chi connectivity index (χ1n) is 18.5. The average Bonchev–Trinajstić information content (AvgIpc) is 3.38. The molecule has 10 N–H and O–H groups in total. The van der Waals surface area contributed by atoms with E-state index in [1.165, 1.54) is 0 Å². The number of rotatable bonds is 17. The van der Waals surface area contributed by atoms with Gasteiger partial charge in [0.05, 0.1) is 6.04 Å². The lowest BCUT2D eigenvalue weighted by Gasteiger charge is -2.37. The van der Waals surface area contributed by atoms with Gasteiger partial charge in [0, 0.05) is 6.42 Å². The number of benzene rings is 2. The van der Waals surface area contributed by atoms with Crippen molar-refractivity contribution >= 4 is 41.6 Å². The maximum atomic E-state index is 13.9. The summed E-state index contributed by atoms with van der Waals surface area (Å²) >= 11 is 0. The SMILES string of the molecule is CC(C)C[C@@H](NC(=O)[C@@H](Cc1ccccc1)NC(=O)[C@H](N)Cc1ccccc1)C(=O)N[C@H](CCCCN)C(=O)NC(=O)N1C(=O)NC(=O)C12CCNCC2. The Hall–Kier alpha value is -5.19. The molecule has 2 aliphatic heterocycles. The molecule has 16 nitrogen and oxygen atoms in total. The smallest absolute Gasteiger partial charge is 0.333 e. The van der Waals surface area contributed by atoms with Gasteiger partial charge in [-0.25, -0.2) is 14.5 Å². The van der Waals surface area contributed by atoms with Crippen molar-refractivity contribution in [2.24, 2.45) is 17.4 Å². The van der Waals surface area contributed by atoms with Crippen molar-refractivity contribution in [3.63, 3.8) is 0 Å². The zero-order valence-corrected chi connectivity index (χ0v) is 30.9. The Labute approximate surface area is 315 Å². The van der Waals surface area contributed by atoms with Crippen LogP contribution in [0.5, 0.6) is 0 Å². The number of nitrogens with two attached hydrogens (primary N) is 2. The number of imide groups is 3. The van der Waals surface area contributed by atoms with Crippen molar-refractivity contribution in [2.45, 2.75) is 94.9 Å². The maximum Gasteiger partial charge on any atom is 0.333 e. The van der Waals surface area contributed by atoms with E-state index in [0.29, 0.717) is 32.5 Å². The third-order valence-electron chi connectivity index (χ3n) is 9.61. The van der Waals surface area contributed by atoms with Crippen molar-refractivity contribution in [3.05, 3.63) is 71.8 Å². The molecule has 0 aromatic heterocycles. The highest BCUT2D eigenvalue weighted by molar-refractivity contribution is 6.16. The van der Waals surface area contributed by atoms with Crippen LogP contribution >= 0.6 is 0 Å². The van der Waals surface area contributed by atoms with Gasteiger partial charge < -0.3 is 32.7 Å². The van der Waals surface area contributed by atoms with E-state index in [1.54, 1.807) is 0 Å². The second-order valence-corrected chi connectivity index (χ2v) is 14.3. The van der Waals surface area contributed by atoms with Crippen molar-refractivity contribution in [2.75, 3.05) is 19.6 Å². The molecule has 1 spiro atoms. The average molecular weight is 748 g/mol. The normalized spacial score (nSPS) is 17.2.